The lowest BCUT2D eigenvalue weighted by Crippen LogP contribution is -2.37. The molecule has 0 saturated carbocycles. The molecule has 6 heteroatoms. The number of methoxy groups -OCH3 is 1. The molecular formula is C21H19FN4O. The SMILES string of the molecule is COc1cccc(F)c1-c1ccc2c(c1)N=NC(Nc1ccccc1)N2C. The van der Waals surface area contributed by atoms with E-state index in [1.165, 1.54) is 13.2 Å². The first-order chi connectivity index (χ1) is 13.2. The second-order valence-corrected chi connectivity index (χ2v) is 6.23. The number of nitrogens with zero attached hydrogens (tertiary/aromatic N) is 3. The van der Waals surface area contributed by atoms with Crippen LogP contribution < -0.4 is 15.0 Å². The average molecular weight is 362 g/mol. The van der Waals surface area contributed by atoms with Crippen LogP contribution in [0.15, 0.2) is 77.0 Å². The van der Waals surface area contributed by atoms with Gasteiger partial charge < -0.3 is 15.0 Å². The van der Waals surface area contributed by atoms with Crippen LogP contribution in [0.2, 0.25) is 0 Å². The maximum atomic E-state index is 14.4. The Balaban J connectivity index is 1.67. The van der Waals surface area contributed by atoms with Crippen LogP contribution in [-0.2, 0) is 0 Å². The minimum Gasteiger partial charge on any atom is -0.496 e. The molecule has 0 radical (unpaired) electrons. The third-order valence-electron chi connectivity index (χ3n) is 4.55. The summed E-state index contributed by atoms with van der Waals surface area (Å²) in [6.45, 7) is 0. The van der Waals surface area contributed by atoms with Crippen molar-refractivity contribution in [1.29, 1.82) is 0 Å². The van der Waals surface area contributed by atoms with Gasteiger partial charge in [-0.05, 0) is 42.0 Å². The molecule has 0 bridgehead atoms. The van der Waals surface area contributed by atoms with E-state index < -0.39 is 0 Å². The largest absolute Gasteiger partial charge is 0.496 e. The molecular weight excluding hydrogens is 343 g/mol. The molecule has 0 aromatic heterocycles. The van der Waals surface area contributed by atoms with Gasteiger partial charge in [0.05, 0.1) is 18.4 Å². The molecule has 1 N–H and O–H groups in total. The van der Waals surface area contributed by atoms with Crippen LogP contribution in [0.3, 0.4) is 0 Å². The van der Waals surface area contributed by atoms with Gasteiger partial charge in [0, 0.05) is 12.7 Å². The summed E-state index contributed by atoms with van der Waals surface area (Å²) in [5, 5.41) is 12.0. The van der Waals surface area contributed by atoms with Gasteiger partial charge in [0.25, 0.3) is 0 Å². The van der Waals surface area contributed by atoms with Crippen molar-refractivity contribution in [1.82, 2.24) is 0 Å². The van der Waals surface area contributed by atoms with Gasteiger partial charge in [-0.1, -0.05) is 30.3 Å². The first-order valence-corrected chi connectivity index (χ1v) is 8.59. The molecule has 1 aliphatic heterocycles. The first-order valence-electron chi connectivity index (χ1n) is 8.59. The maximum absolute atomic E-state index is 14.4. The lowest BCUT2D eigenvalue weighted by Gasteiger charge is -2.31. The van der Waals surface area contributed by atoms with Crippen LogP contribution in [0.5, 0.6) is 5.75 Å². The Hall–Kier alpha value is -3.41. The van der Waals surface area contributed by atoms with Crippen molar-refractivity contribution < 1.29 is 9.13 Å². The second kappa shape index (κ2) is 7.07. The Labute approximate surface area is 157 Å². The molecule has 0 saturated heterocycles. The number of fused-ring (bicyclic) bond motifs is 1. The number of hydrogen-bond donors (Lipinski definition) is 1. The van der Waals surface area contributed by atoms with Crippen molar-refractivity contribution in [2.45, 2.75) is 6.29 Å². The zero-order chi connectivity index (χ0) is 18.8. The lowest BCUT2D eigenvalue weighted by atomic mass is 10.0. The zero-order valence-corrected chi connectivity index (χ0v) is 15.1. The van der Waals surface area contributed by atoms with E-state index in [0.717, 1.165) is 11.4 Å². The Kier molecular flexibility index (Phi) is 4.46. The number of ether oxygens (including phenoxy) is 1. The summed E-state index contributed by atoms with van der Waals surface area (Å²) in [6, 6.07) is 20.3. The monoisotopic (exact) mass is 362 g/mol. The fraction of sp³-hybridized carbons (Fsp3) is 0.143. The molecule has 3 aromatic carbocycles. The number of azo groups is 1. The molecule has 3 aromatic rings. The van der Waals surface area contributed by atoms with E-state index in [0.29, 0.717) is 22.6 Å². The van der Waals surface area contributed by atoms with E-state index in [-0.39, 0.29) is 12.1 Å². The number of rotatable bonds is 4. The highest BCUT2D eigenvalue weighted by Crippen LogP contribution is 2.40. The summed E-state index contributed by atoms with van der Waals surface area (Å²) in [7, 11) is 3.48. The Morgan fingerprint density at radius 3 is 2.63 bits per heavy atom. The van der Waals surface area contributed by atoms with Gasteiger partial charge in [0.15, 0.2) is 0 Å². The molecule has 4 rings (SSSR count). The van der Waals surface area contributed by atoms with Crippen LogP contribution in [-0.4, -0.2) is 20.4 Å². The second-order valence-electron chi connectivity index (χ2n) is 6.23. The molecule has 1 unspecified atom stereocenters. The van der Waals surface area contributed by atoms with E-state index in [1.807, 2.05) is 60.5 Å². The van der Waals surface area contributed by atoms with Crippen LogP contribution >= 0.6 is 0 Å². The van der Waals surface area contributed by atoms with E-state index in [9.17, 15) is 4.39 Å². The van der Waals surface area contributed by atoms with Gasteiger partial charge in [-0.15, -0.1) is 10.2 Å². The zero-order valence-electron chi connectivity index (χ0n) is 15.1. The Morgan fingerprint density at radius 1 is 1.04 bits per heavy atom. The molecule has 5 nitrogen and oxygen atoms in total. The fourth-order valence-corrected chi connectivity index (χ4v) is 3.15. The van der Waals surface area contributed by atoms with Crippen molar-refractivity contribution in [2.24, 2.45) is 10.2 Å². The summed E-state index contributed by atoms with van der Waals surface area (Å²) >= 11 is 0. The normalized spacial score (nSPS) is 15.4. The molecule has 0 amide bonds. The van der Waals surface area contributed by atoms with Crippen LogP contribution in [0.25, 0.3) is 11.1 Å². The number of hydrogen-bond acceptors (Lipinski definition) is 5. The third kappa shape index (κ3) is 3.21. The fourth-order valence-electron chi connectivity index (χ4n) is 3.15. The number of nitrogens with one attached hydrogen (secondary N) is 1. The van der Waals surface area contributed by atoms with Crippen LogP contribution in [0, 0.1) is 5.82 Å². The van der Waals surface area contributed by atoms with Gasteiger partial charge in [-0.2, -0.15) is 0 Å². The summed E-state index contributed by atoms with van der Waals surface area (Å²) in [4.78, 5) is 2.00. The molecule has 27 heavy (non-hydrogen) atoms. The minimum atomic E-state index is -0.334. The Bertz CT molecular complexity index is 991. The van der Waals surface area contributed by atoms with E-state index in [1.54, 1.807) is 12.1 Å². The van der Waals surface area contributed by atoms with Gasteiger partial charge in [0.2, 0.25) is 6.29 Å². The summed E-state index contributed by atoms with van der Waals surface area (Å²) < 4.78 is 19.7. The van der Waals surface area contributed by atoms with Crippen molar-refractivity contribution in [3.8, 4) is 16.9 Å². The highest BCUT2D eigenvalue weighted by molar-refractivity contribution is 5.79. The van der Waals surface area contributed by atoms with Gasteiger partial charge >= 0.3 is 0 Å². The highest BCUT2D eigenvalue weighted by atomic mass is 19.1. The van der Waals surface area contributed by atoms with Crippen molar-refractivity contribution in [3.05, 3.63) is 72.5 Å². The maximum Gasteiger partial charge on any atom is 0.216 e. The molecule has 1 heterocycles. The minimum absolute atomic E-state index is 0.311. The third-order valence-corrected chi connectivity index (χ3v) is 4.55. The van der Waals surface area contributed by atoms with Crippen molar-refractivity contribution in [3.63, 3.8) is 0 Å². The summed E-state index contributed by atoms with van der Waals surface area (Å²) in [6.07, 6.45) is -0.311. The van der Waals surface area contributed by atoms with Gasteiger partial charge in [0.1, 0.15) is 17.3 Å². The highest BCUT2D eigenvalue weighted by Gasteiger charge is 2.23. The van der Waals surface area contributed by atoms with Gasteiger partial charge in [-0.3, -0.25) is 0 Å². The average Bonchev–Trinajstić information content (AvgIpc) is 2.70. The van der Waals surface area contributed by atoms with Crippen LogP contribution in [0.1, 0.15) is 0 Å². The molecule has 0 fully saturated rings. The van der Waals surface area contributed by atoms with Crippen molar-refractivity contribution in [2.75, 3.05) is 24.4 Å². The van der Waals surface area contributed by atoms with Crippen LogP contribution in [0.4, 0.5) is 21.5 Å². The Morgan fingerprint density at radius 2 is 1.85 bits per heavy atom. The smallest absolute Gasteiger partial charge is 0.216 e. The quantitative estimate of drug-likeness (QED) is 0.673. The van der Waals surface area contributed by atoms with Crippen molar-refractivity contribution >= 4 is 17.1 Å². The summed E-state index contributed by atoms with van der Waals surface area (Å²) in [5.41, 5.74) is 3.68. The standard InChI is InChI=1S/C21H19FN4O/c1-26-18-12-11-14(20-16(22)9-6-10-19(20)27-2)13-17(18)24-25-21(26)23-15-7-4-3-5-8-15/h3-13,21,23H,1-2H3. The molecule has 0 aliphatic carbocycles. The predicted octanol–water partition coefficient (Wildman–Crippen LogP) is 5.43. The number of anilines is 2. The first kappa shape index (κ1) is 17.0. The number of benzene rings is 3. The predicted molar refractivity (Wildman–Crippen MR) is 105 cm³/mol. The summed E-state index contributed by atoms with van der Waals surface area (Å²) in [5.74, 6) is 0.152. The number of halogens is 1. The molecule has 136 valence electrons. The lowest BCUT2D eigenvalue weighted by molar-refractivity contribution is 0.413. The van der Waals surface area contributed by atoms with E-state index >= 15 is 0 Å². The van der Waals surface area contributed by atoms with E-state index in [2.05, 4.69) is 15.5 Å². The van der Waals surface area contributed by atoms with E-state index in [4.69, 9.17) is 4.74 Å². The molecule has 1 atom stereocenters. The topological polar surface area (TPSA) is 49.2 Å². The number of para-hydroxylation sites is 1. The van der Waals surface area contributed by atoms with Gasteiger partial charge in [-0.25, -0.2) is 4.39 Å². The molecule has 0 spiro atoms. The molecule has 1 aliphatic rings.